The molecule has 2 aromatic carbocycles. The third-order valence-corrected chi connectivity index (χ3v) is 4.48. The fraction of sp³-hybridized carbons (Fsp3) is 0.286. The number of anilines is 1. The van der Waals surface area contributed by atoms with Crippen molar-refractivity contribution < 1.29 is 9.21 Å². The number of fused-ring (bicyclic) bond motifs is 1. The fourth-order valence-electron chi connectivity index (χ4n) is 2.80. The number of hydrogen-bond donors (Lipinski definition) is 1. The van der Waals surface area contributed by atoms with Gasteiger partial charge in [0.25, 0.3) is 0 Å². The number of amides is 1. The molecule has 0 spiro atoms. The van der Waals surface area contributed by atoms with E-state index in [0.717, 1.165) is 22.2 Å². The smallest absolute Gasteiger partial charge is 0.228 e. The van der Waals surface area contributed by atoms with Crippen molar-refractivity contribution in [1.82, 2.24) is 0 Å². The molecule has 24 heavy (non-hydrogen) atoms. The predicted molar refractivity (Wildman–Crippen MR) is 98.6 cm³/mol. The van der Waals surface area contributed by atoms with Crippen molar-refractivity contribution in [2.75, 3.05) is 5.32 Å². The third kappa shape index (κ3) is 3.35. The van der Waals surface area contributed by atoms with Crippen LogP contribution in [0.4, 0.5) is 5.69 Å². The number of benzene rings is 2. The summed E-state index contributed by atoms with van der Waals surface area (Å²) in [6.45, 7) is 8.44. The molecule has 3 nitrogen and oxygen atoms in total. The lowest BCUT2D eigenvalue weighted by Gasteiger charge is -2.08. The van der Waals surface area contributed by atoms with Gasteiger partial charge in [0.1, 0.15) is 5.58 Å². The van der Waals surface area contributed by atoms with Gasteiger partial charge in [-0.25, -0.2) is 0 Å². The van der Waals surface area contributed by atoms with Gasteiger partial charge in [0.15, 0.2) is 0 Å². The fourth-order valence-corrected chi connectivity index (χ4v) is 2.80. The minimum atomic E-state index is -0.0341. The second-order valence-corrected chi connectivity index (χ2v) is 6.70. The van der Waals surface area contributed by atoms with Gasteiger partial charge >= 0.3 is 0 Å². The summed E-state index contributed by atoms with van der Waals surface area (Å²) in [6.07, 6.45) is 1.99. The highest BCUT2D eigenvalue weighted by Gasteiger charge is 2.12. The van der Waals surface area contributed by atoms with Crippen LogP contribution in [0.25, 0.3) is 11.0 Å². The Hall–Kier alpha value is -2.55. The number of carbonyl (C=O) groups excluding carboxylic acids is 1. The van der Waals surface area contributed by atoms with Crippen LogP contribution in [0.2, 0.25) is 0 Å². The van der Waals surface area contributed by atoms with E-state index in [1.54, 1.807) is 6.26 Å². The van der Waals surface area contributed by atoms with Crippen molar-refractivity contribution in [3.05, 3.63) is 64.9 Å². The molecular weight excluding hydrogens is 298 g/mol. The van der Waals surface area contributed by atoms with Crippen LogP contribution in [-0.4, -0.2) is 5.91 Å². The van der Waals surface area contributed by atoms with Crippen LogP contribution < -0.4 is 5.32 Å². The second kappa shape index (κ2) is 6.52. The van der Waals surface area contributed by atoms with Crippen LogP contribution in [0.15, 0.2) is 47.1 Å². The van der Waals surface area contributed by atoms with Gasteiger partial charge in [0.2, 0.25) is 5.91 Å². The van der Waals surface area contributed by atoms with Crippen LogP contribution in [-0.2, 0) is 11.2 Å². The number of carbonyl (C=O) groups is 1. The van der Waals surface area contributed by atoms with Crippen molar-refractivity contribution in [3.8, 4) is 0 Å². The number of rotatable bonds is 4. The van der Waals surface area contributed by atoms with Crippen LogP contribution in [0, 0.1) is 13.8 Å². The van der Waals surface area contributed by atoms with E-state index < -0.39 is 0 Å². The molecule has 3 rings (SSSR count). The molecule has 0 bridgehead atoms. The van der Waals surface area contributed by atoms with Gasteiger partial charge in [-0.2, -0.15) is 0 Å². The topological polar surface area (TPSA) is 42.2 Å². The highest BCUT2D eigenvalue weighted by atomic mass is 16.3. The van der Waals surface area contributed by atoms with Crippen LogP contribution in [0.5, 0.6) is 0 Å². The zero-order chi connectivity index (χ0) is 17.3. The lowest BCUT2D eigenvalue weighted by molar-refractivity contribution is -0.115. The molecule has 0 atom stereocenters. The summed E-state index contributed by atoms with van der Waals surface area (Å²) >= 11 is 0. The van der Waals surface area contributed by atoms with E-state index in [0.29, 0.717) is 12.3 Å². The molecular formula is C21H23NO2. The zero-order valence-electron chi connectivity index (χ0n) is 14.6. The van der Waals surface area contributed by atoms with Crippen LogP contribution in [0.1, 0.15) is 42.0 Å². The molecule has 1 amide bonds. The average Bonchev–Trinajstić information content (AvgIpc) is 2.90. The SMILES string of the molecule is Cc1cc2occ(CC(=O)Nc3ccc(C(C)C)cc3)c2cc1C. The van der Waals surface area contributed by atoms with Crippen molar-refractivity contribution >= 4 is 22.6 Å². The summed E-state index contributed by atoms with van der Waals surface area (Å²) < 4.78 is 5.60. The Balaban J connectivity index is 1.74. The van der Waals surface area contributed by atoms with Gasteiger partial charge in [0.05, 0.1) is 12.7 Å². The molecule has 0 saturated heterocycles. The number of aryl methyl sites for hydroxylation is 2. The monoisotopic (exact) mass is 321 g/mol. The first-order chi connectivity index (χ1) is 11.4. The number of hydrogen-bond acceptors (Lipinski definition) is 2. The van der Waals surface area contributed by atoms with E-state index in [1.807, 2.05) is 18.2 Å². The van der Waals surface area contributed by atoms with Crippen molar-refractivity contribution in [2.24, 2.45) is 0 Å². The lowest BCUT2D eigenvalue weighted by Crippen LogP contribution is -2.14. The van der Waals surface area contributed by atoms with Crippen LogP contribution >= 0.6 is 0 Å². The number of furan rings is 1. The van der Waals surface area contributed by atoms with E-state index in [-0.39, 0.29) is 5.91 Å². The Morgan fingerprint density at radius 3 is 2.42 bits per heavy atom. The molecule has 0 aliphatic carbocycles. The van der Waals surface area contributed by atoms with Gasteiger partial charge in [0, 0.05) is 16.6 Å². The Bertz CT molecular complexity index is 873. The largest absolute Gasteiger partial charge is 0.464 e. The Labute approximate surface area is 142 Å². The Kier molecular flexibility index (Phi) is 4.43. The minimum Gasteiger partial charge on any atom is -0.464 e. The maximum atomic E-state index is 12.3. The Morgan fingerprint density at radius 1 is 1.08 bits per heavy atom. The Morgan fingerprint density at radius 2 is 1.75 bits per heavy atom. The molecule has 1 heterocycles. The average molecular weight is 321 g/mol. The summed E-state index contributed by atoms with van der Waals surface area (Å²) in [5.41, 5.74) is 6.24. The summed E-state index contributed by atoms with van der Waals surface area (Å²) in [4.78, 5) is 12.3. The standard InChI is InChI=1S/C21H23NO2/c1-13(2)16-5-7-18(8-6-16)22-21(23)11-17-12-24-20-10-15(4)14(3)9-19(17)20/h5-10,12-13H,11H2,1-4H3,(H,22,23). The van der Waals surface area contributed by atoms with E-state index in [1.165, 1.54) is 16.7 Å². The van der Waals surface area contributed by atoms with Gasteiger partial charge in [-0.15, -0.1) is 0 Å². The molecule has 0 aliphatic heterocycles. The molecule has 0 saturated carbocycles. The maximum Gasteiger partial charge on any atom is 0.228 e. The summed E-state index contributed by atoms with van der Waals surface area (Å²) in [5, 5.41) is 3.97. The third-order valence-electron chi connectivity index (χ3n) is 4.48. The van der Waals surface area contributed by atoms with Crippen molar-refractivity contribution in [2.45, 2.75) is 40.0 Å². The first kappa shape index (κ1) is 16.3. The molecule has 0 aliphatic rings. The molecule has 0 radical (unpaired) electrons. The maximum absolute atomic E-state index is 12.3. The van der Waals surface area contributed by atoms with Gasteiger partial charge in [-0.05, 0) is 60.7 Å². The van der Waals surface area contributed by atoms with E-state index in [4.69, 9.17) is 4.42 Å². The highest BCUT2D eigenvalue weighted by molar-refractivity contribution is 5.95. The van der Waals surface area contributed by atoms with E-state index in [9.17, 15) is 4.79 Å². The van der Waals surface area contributed by atoms with E-state index >= 15 is 0 Å². The van der Waals surface area contributed by atoms with Gasteiger partial charge in [-0.1, -0.05) is 26.0 Å². The predicted octanol–water partition coefficient (Wildman–Crippen LogP) is 5.35. The molecule has 124 valence electrons. The molecule has 0 fully saturated rings. The van der Waals surface area contributed by atoms with Crippen LogP contribution in [0.3, 0.4) is 0 Å². The van der Waals surface area contributed by atoms with Gasteiger partial charge < -0.3 is 9.73 Å². The molecule has 1 aromatic heterocycles. The summed E-state index contributed by atoms with van der Waals surface area (Å²) in [5.74, 6) is 0.451. The normalized spacial score (nSPS) is 11.2. The first-order valence-corrected chi connectivity index (χ1v) is 8.31. The zero-order valence-corrected chi connectivity index (χ0v) is 14.6. The first-order valence-electron chi connectivity index (χ1n) is 8.31. The summed E-state index contributed by atoms with van der Waals surface area (Å²) in [6, 6.07) is 12.1. The van der Waals surface area contributed by atoms with E-state index in [2.05, 4.69) is 51.2 Å². The molecule has 1 N–H and O–H groups in total. The van der Waals surface area contributed by atoms with Crippen molar-refractivity contribution in [1.29, 1.82) is 0 Å². The van der Waals surface area contributed by atoms with Gasteiger partial charge in [-0.3, -0.25) is 4.79 Å². The number of nitrogens with one attached hydrogen (secondary N) is 1. The molecule has 0 unspecified atom stereocenters. The molecule has 3 heteroatoms. The molecule has 3 aromatic rings. The second-order valence-electron chi connectivity index (χ2n) is 6.70. The van der Waals surface area contributed by atoms with Crippen molar-refractivity contribution in [3.63, 3.8) is 0 Å². The highest BCUT2D eigenvalue weighted by Crippen LogP contribution is 2.25. The minimum absolute atomic E-state index is 0.0341. The quantitative estimate of drug-likeness (QED) is 0.703. The summed E-state index contributed by atoms with van der Waals surface area (Å²) in [7, 11) is 0. The lowest BCUT2D eigenvalue weighted by atomic mass is 10.0.